The highest BCUT2D eigenvalue weighted by Crippen LogP contribution is 2.34. The van der Waals surface area contributed by atoms with E-state index in [0.717, 1.165) is 6.42 Å². The number of aromatic nitrogens is 1. The maximum Gasteiger partial charge on any atom is 0.109 e. The molecule has 0 aliphatic carbocycles. The number of aliphatic hydroxyl groups excluding tert-OH is 1. The minimum Gasteiger partial charge on any atom is -0.378 e. The van der Waals surface area contributed by atoms with E-state index in [1.807, 2.05) is 30.3 Å². The highest BCUT2D eigenvalue weighted by atomic mass is 16.3. The second-order valence-electron chi connectivity index (χ2n) is 3.18. The molecule has 0 aromatic carbocycles. The van der Waals surface area contributed by atoms with Gasteiger partial charge in [0.05, 0.1) is 0 Å². The van der Waals surface area contributed by atoms with Crippen LogP contribution in [0.1, 0.15) is 18.0 Å². The Bertz CT molecular complexity index is 262. The standard InChI is InChI=1S/C9H12N2O/c1-11-8(5-9(11)12)7-3-2-4-10-6-7/h2-4,6,8-9,12H,5H2,1H3. The predicted octanol–water partition coefficient (Wildman–Crippen LogP) is 0.777. The van der Waals surface area contributed by atoms with Crippen LogP contribution in [-0.2, 0) is 0 Å². The smallest absolute Gasteiger partial charge is 0.109 e. The van der Waals surface area contributed by atoms with Gasteiger partial charge in [-0.05, 0) is 18.7 Å². The zero-order valence-corrected chi connectivity index (χ0v) is 7.01. The molecule has 1 aliphatic heterocycles. The van der Waals surface area contributed by atoms with Crippen LogP contribution < -0.4 is 0 Å². The highest BCUT2D eigenvalue weighted by molar-refractivity contribution is 5.16. The molecule has 0 saturated carbocycles. The average Bonchev–Trinajstić information content (AvgIpc) is 2.15. The Labute approximate surface area is 71.7 Å². The molecule has 1 aromatic rings. The molecule has 1 saturated heterocycles. The van der Waals surface area contributed by atoms with Crippen molar-refractivity contribution in [1.82, 2.24) is 9.88 Å². The van der Waals surface area contributed by atoms with Gasteiger partial charge in [0, 0.05) is 24.9 Å². The lowest BCUT2D eigenvalue weighted by atomic mass is 9.95. The Morgan fingerprint density at radius 3 is 3.00 bits per heavy atom. The Morgan fingerprint density at radius 2 is 2.50 bits per heavy atom. The van der Waals surface area contributed by atoms with Gasteiger partial charge in [0.2, 0.25) is 0 Å². The lowest BCUT2D eigenvalue weighted by Gasteiger charge is -2.43. The van der Waals surface area contributed by atoms with E-state index in [0.29, 0.717) is 6.04 Å². The van der Waals surface area contributed by atoms with Crippen LogP contribution in [0, 0.1) is 0 Å². The summed E-state index contributed by atoms with van der Waals surface area (Å²) in [7, 11) is 1.92. The number of hydrogen-bond acceptors (Lipinski definition) is 3. The predicted molar refractivity (Wildman–Crippen MR) is 45.4 cm³/mol. The molecule has 3 nitrogen and oxygen atoms in total. The first-order valence-corrected chi connectivity index (χ1v) is 4.09. The third kappa shape index (κ3) is 1.11. The SMILES string of the molecule is CN1C(O)CC1c1cccnc1. The van der Waals surface area contributed by atoms with E-state index in [4.69, 9.17) is 0 Å². The molecular weight excluding hydrogens is 152 g/mol. The molecule has 64 valence electrons. The van der Waals surface area contributed by atoms with E-state index in [2.05, 4.69) is 4.98 Å². The maximum atomic E-state index is 9.25. The topological polar surface area (TPSA) is 36.4 Å². The maximum absolute atomic E-state index is 9.25. The second-order valence-corrected chi connectivity index (χ2v) is 3.18. The van der Waals surface area contributed by atoms with Crippen LogP contribution in [0.4, 0.5) is 0 Å². The van der Waals surface area contributed by atoms with Crippen LogP contribution in [0.25, 0.3) is 0 Å². The zero-order valence-electron chi connectivity index (χ0n) is 7.01. The molecule has 0 radical (unpaired) electrons. The minimum absolute atomic E-state index is 0.268. The largest absolute Gasteiger partial charge is 0.378 e. The fraction of sp³-hybridized carbons (Fsp3) is 0.444. The summed E-state index contributed by atoms with van der Waals surface area (Å²) in [6.45, 7) is 0. The van der Waals surface area contributed by atoms with Crippen molar-refractivity contribution < 1.29 is 5.11 Å². The summed E-state index contributed by atoms with van der Waals surface area (Å²) in [5, 5.41) is 9.25. The van der Waals surface area contributed by atoms with Crippen molar-refractivity contribution in [2.24, 2.45) is 0 Å². The van der Waals surface area contributed by atoms with Gasteiger partial charge in [-0.15, -0.1) is 0 Å². The summed E-state index contributed by atoms with van der Waals surface area (Å²) in [6, 6.07) is 4.32. The summed E-state index contributed by atoms with van der Waals surface area (Å²) in [5.41, 5.74) is 1.19. The molecule has 2 heterocycles. The minimum atomic E-state index is -0.268. The molecular formula is C9H12N2O. The zero-order chi connectivity index (χ0) is 8.55. The van der Waals surface area contributed by atoms with E-state index < -0.39 is 0 Å². The van der Waals surface area contributed by atoms with Crippen molar-refractivity contribution in [2.45, 2.75) is 18.7 Å². The molecule has 2 atom stereocenters. The monoisotopic (exact) mass is 164 g/mol. The first-order chi connectivity index (χ1) is 5.79. The van der Waals surface area contributed by atoms with E-state index in [9.17, 15) is 5.11 Å². The fourth-order valence-electron chi connectivity index (χ4n) is 1.55. The van der Waals surface area contributed by atoms with Gasteiger partial charge in [0.15, 0.2) is 0 Å². The molecule has 0 amide bonds. The van der Waals surface area contributed by atoms with Crippen LogP contribution in [0.2, 0.25) is 0 Å². The van der Waals surface area contributed by atoms with Crippen LogP contribution in [0.3, 0.4) is 0 Å². The molecule has 1 N–H and O–H groups in total. The lowest BCUT2D eigenvalue weighted by molar-refractivity contribution is -0.104. The van der Waals surface area contributed by atoms with Gasteiger partial charge in [0.1, 0.15) is 6.23 Å². The van der Waals surface area contributed by atoms with Crippen molar-refractivity contribution in [3.8, 4) is 0 Å². The van der Waals surface area contributed by atoms with Crippen molar-refractivity contribution in [2.75, 3.05) is 7.05 Å². The third-order valence-electron chi connectivity index (χ3n) is 2.47. The number of likely N-dealkylation sites (tertiary alicyclic amines) is 1. The fourth-order valence-corrected chi connectivity index (χ4v) is 1.55. The first-order valence-electron chi connectivity index (χ1n) is 4.09. The molecule has 12 heavy (non-hydrogen) atoms. The molecule has 1 aliphatic rings. The van der Waals surface area contributed by atoms with Crippen LogP contribution in [0.15, 0.2) is 24.5 Å². The van der Waals surface area contributed by atoms with Gasteiger partial charge >= 0.3 is 0 Å². The Kier molecular flexibility index (Phi) is 1.83. The van der Waals surface area contributed by atoms with Crippen molar-refractivity contribution in [3.63, 3.8) is 0 Å². The molecule has 2 rings (SSSR count). The van der Waals surface area contributed by atoms with Crippen molar-refractivity contribution in [1.29, 1.82) is 0 Å². The summed E-state index contributed by atoms with van der Waals surface area (Å²) >= 11 is 0. The Balaban J connectivity index is 2.13. The van der Waals surface area contributed by atoms with Gasteiger partial charge in [0.25, 0.3) is 0 Å². The molecule has 1 aromatic heterocycles. The molecule has 3 heteroatoms. The Hall–Kier alpha value is -0.930. The number of pyridine rings is 1. The summed E-state index contributed by atoms with van der Waals surface area (Å²) in [6.07, 6.45) is 4.17. The summed E-state index contributed by atoms with van der Waals surface area (Å²) in [5.74, 6) is 0. The number of hydrogen-bond donors (Lipinski definition) is 1. The van der Waals surface area contributed by atoms with Crippen molar-refractivity contribution >= 4 is 0 Å². The summed E-state index contributed by atoms with van der Waals surface area (Å²) in [4.78, 5) is 5.98. The van der Waals surface area contributed by atoms with E-state index in [1.54, 1.807) is 6.20 Å². The number of nitrogens with zero attached hydrogens (tertiary/aromatic N) is 2. The lowest BCUT2D eigenvalue weighted by Crippen LogP contribution is -2.47. The molecule has 1 fully saturated rings. The summed E-state index contributed by atoms with van der Waals surface area (Å²) < 4.78 is 0. The third-order valence-corrected chi connectivity index (χ3v) is 2.47. The van der Waals surface area contributed by atoms with E-state index in [-0.39, 0.29) is 6.23 Å². The van der Waals surface area contributed by atoms with E-state index in [1.165, 1.54) is 5.56 Å². The first kappa shape index (κ1) is 7.71. The normalized spacial score (nSPS) is 29.8. The molecule has 0 spiro atoms. The molecule has 0 bridgehead atoms. The van der Waals surface area contributed by atoms with Gasteiger partial charge in [-0.2, -0.15) is 0 Å². The quantitative estimate of drug-likeness (QED) is 0.666. The van der Waals surface area contributed by atoms with Gasteiger partial charge in [-0.25, -0.2) is 0 Å². The number of aliphatic hydroxyl groups is 1. The van der Waals surface area contributed by atoms with Crippen LogP contribution in [0.5, 0.6) is 0 Å². The Morgan fingerprint density at radius 1 is 1.67 bits per heavy atom. The van der Waals surface area contributed by atoms with E-state index >= 15 is 0 Å². The van der Waals surface area contributed by atoms with Gasteiger partial charge in [-0.3, -0.25) is 9.88 Å². The highest BCUT2D eigenvalue weighted by Gasteiger charge is 2.34. The second kappa shape index (κ2) is 2.84. The van der Waals surface area contributed by atoms with Crippen LogP contribution >= 0.6 is 0 Å². The number of rotatable bonds is 1. The molecule has 2 unspecified atom stereocenters. The van der Waals surface area contributed by atoms with Crippen LogP contribution in [-0.4, -0.2) is 28.3 Å². The van der Waals surface area contributed by atoms with Crippen molar-refractivity contribution in [3.05, 3.63) is 30.1 Å². The van der Waals surface area contributed by atoms with Gasteiger partial charge < -0.3 is 5.11 Å². The average molecular weight is 164 g/mol. The van der Waals surface area contributed by atoms with Gasteiger partial charge in [-0.1, -0.05) is 6.07 Å².